The Morgan fingerprint density at radius 2 is 1.89 bits per heavy atom. The molecule has 0 aliphatic heterocycles. The van der Waals surface area contributed by atoms with Crippen LogP contribution in [0.3, 0.4) is 0 Å². The van der Waals surface area contributed by atoms with E-state index in [0.717, 1.165) is 4.88 Å². The van der Waals surface area contributed by atoms with Gasteiger partial charge in [0.25, 0.3) is 5.91 Å². The van der Waals surface area contributed by atoms with E-state index in [1.165, 1.54) is 29.1 Å². The summed E-state index contributed by atoms with van der Waals surface area (Å²) in [4.78, 5) is 14.2. The molecular formula is C14H14FNOS. The van der Waals surface area contributed by atoms with Crippen LogP contribution >= 0.6 is 11.3 Å². The van der Waals surface area contributed by atoms with Crippen molar-refractivity contribution >= 4 is 17.2 Å². The lowest BCUT2D eigenvalue weighted by Crippen LogP contribution is -2.26. The summed E-state index contributed by atoms with van der Waals surface area (Å²) in [6.45, 7) is 3.97. The molecule has 0 aliphatic rings. The summed E-state index contributed by atoms with van der Waals surface area (Å²) < 4.78 is 12.8. The summed E-state index contributed by atoms with van der Waals surface area (Å²) in [6, 6.07) is 9.54. The predicted molar refractivity (Wildman–Crippen MR) is 71.3 cm³/mol. The molecule has 1 N–H and O–H groups in total. The Bertz CT molecular complexity index is 547. The molecule has 0 aliphatic carbocycles. The normalized spacial score (nSPS) is 12.2. The van der Waals surface area contributed by atoms with Gasteiger partial charge in [-0.15, -0.1) is 11.3 Å². The molecule has 94 valence electrons. The number of hydrogen-bond donors (Lipinski definition) is 1. The zero-order valence-electron chi connectivity index (χ0n) is 10.2. The summed E-state index contributed by atoms with van der Waals surface area (Å²) >= 11 is 1.66. The van der Waals surface area contributed by atoms with Crippen LogP contribution in [0.15, 0.2) is 36.4 Å². The molecule has 0 radical (unpaired) electrons. The minimum Gasteiger partial charge on any atom is -0.345 e. The first-order chi connectivity index (χ1) is 8.56. The van der Waals surface area contributed by atoms with Crippen LogP contribution in [-0.2, 0) is 0 Å². The van der Waals surface area contributed by atoms with Gasteiger partial charge in [0, 0.05) is 15.3 Å². The van der Waals surface area contributed by atoms with E-state index in [1.54, 1.807) is 11.3 Å². The Morgan fingerprint density at radius 1 is 1.22 bits per heavy atom. The minimum absolute atomic E-state index is 0.0405. The third kappa shape index (κ3) is 2.96. The highest BCUT2D eigenvalue weighted by atomic mass is 32.1. The molecular weight excluding hydrogens is 249 g/mol. The third-order valence-electron chi connectivity index (χ3n) is 2.64. The Kier molecular flexibility index (Phi) is 3.77. The first-order valence-electron chi connectivity index (χ1n) is 5.69. The molecule has 1 atom stereocenters. The van der Waals surface area contributed by atoms with E-state index in [1.807, 2.05) is 26.0 Å². The van der Waals surface area contributed by atoms with E-state index in [-0.39, 0.29) is 17.8 Å². The molecule has 0 fully saturated rings. The Morgan fingerprint density at radius 3 is 2.44 bits per heavy atom. The summed E-state index contributed by atoms with van der Waals surface area (Å²) in [5.74, 6) is -0.526. The number of amides is 1. The second-order valence-electron chi connectivity index (χ2n) is 4.15. The van der Waals surface area contributed by atoms with E-state index in [9.17, 15) is 9.18 Å². The average Bonchev–Trinajstić information content (AvgIpc) is 2.76. The molecule has 0 saturated heterocycles. The highest BCUT2D eigenvalue weighted by molar-refractivity contribution is 7.12. The Hall–Kier alpha value is -1.68. The van der Waals surface area contributed by atoms with Crippen molar-refractivity contribution in [1.29, 1.82) is 0 Å². The van der Waals surface area contributed by atoms with E-state index < -0.39 is 0 Å². The molecule has 0 spiro atoms. The van der Waals surface area contributed by atoms with Gasteiger partial charge in [-0.1, -0.05) is 0 Å². The Labute approximate surface area is 109 Å². The highest BCUT2D eigenvalue weighted by Crippen LogP contribution is 2.22. The maximum absolute atomic E-state index is 12.8. The zero-order valence-corrected chi connectivity index (χ0v) is 11.1. The molecule has 0 bridgehead atoms. The van der Waals surface area contributed by atoms with Crippen LogP contribution < -0.4 is 5.32 Å². The zero-order chi connectivity index (χ0) is 13.1. The van der Waals surface area contributed by atoms with Gasteiger partial charge in [0.05, 0.1) is 6.04 Å². The highest BCUT2D eigenvalue weighted by Gasteiger charge is 2.12. The number of thiophene rings is 1. The summed E-state index contributed by atoms with van der Waals surface area (Å²) in [5, 5.41) is 2.89. The number of carbonyl (C=O) groups excluding carboxylic acids is 1. The largest absolute Gasteiger partial charge is 0.345 e. The second kappa shape index (κ2) is 5.31. The molecule has 1 amide bonds. The first-order valence-corrected chi connectivity index (χ1v) is 6.50. The van der Waals surface area contributed by atoms with Crippen molar-refractivity contribution in [1.82, 2.24) is 5.32 Å². The second-order valence-corrected chi connectivity index (χ2v) is 5.47. The SMILES string of the molecule is Cc1ccc(C(C)NC(=O)c2ccc(F)cc2)s1. The lowest BCUT2D eigenvalue weighted by atomic mass is 10.2. The van der Waals surface area contributed by atoms with Crippen molar-refractivity contribution < 1.29 is 9.18 Å². The van der Waals surface area contributed by atoms with Gasteiger partial charge < -0.3 is 5.32 Å². The number of rotatable bonds is 3. The van der Waals surface area contributed by atoms with Crippen molar-refractivity contribution in [2.45, 2.75) is 19.9 Å². The van der Waals surface area contributed by atoms with Gasteiger partial charge >= 0.3 is 0 Å². The number of nitrogens with one attached hydrogen (secondary N) is 1. The molecule has 2 rings (SSSR count). The van der Waals surface area contributed by atoms with Gasteiger partial charge in [-0.3, -0.25) is 4.79 Å². The van der Waals surface area contributed by atoms with Crippen molar-refractivity contribution in [2.24, 2.45) is 0 Å². The van der Waals surface area contributed by atoms with Crippen LogP contribution in [0.5, 0.6) is 0 Å². The van der Waals surface area contributed by atoms with Crippen LogP contribution in [0.1, 0.15) is 33.1 Å². The van der Waals surface area contributed by atoms with Gasteiger partial charge in [0.2, 0.25) is 0 Å². The van der Waals surface area contributed by atoms with E-state index >= 15 is 0 Å². The third-order valence-corrected chi connectivity index (χ3v) is 3.83. The topological polar surface area (TPSA) is 29.1 Å². The molecule has 1 aromatic carbocycles. The number of aryl methyl sites for hydroxylation is 1. The van der Waals surface area contributed by atoms with Crippen molar-refractivity contribution in [3.05, 3.63) is 57.5 Å². The van der Waals surface area contributed by atoms with Crippen molar-refractivity contribution in [2.75, 3.05) is 0 Å². The van der Waals surface area contributed by atoms with Gasteiger partial charge in [-0.2, -0.15) is 0 Å². The van der Waals surface area contributed by atoms with Crippen molar-refractivity contribution in [3.63, 3.8) is 0 Å². The molecule has 0 saturated carbocycles. The maximum Gasteiger partial charge on any atom is 0.251 e. The van der Waals surface area contributed by atoms with E-state index in [4.69, 9.17) is 0 Å². The van der Waals surface area contributed by atoms with Gasteiger partial charge in [-0.05, 0) is 50.2 Å². The predicted octanol–water partition coefficient (Wildman–Crippen LogP) is 3.69. The summed E-state index contributed by atoms with van der Waals surface area (Å²) in [7, 11) is 0. The number of benzene rings is 1. The van der Waals surface area contributed by atoms with Crippen LogP contribution in [0.25, 0.3) is 0 Å². The number of carbonyl (C=O) groups is 1. The Balaban J connectivity index is 2.05. The molecule has 1 heterocycles. The first kappa shape index (κ1) is 12.8. The number of hydrogen-bond acceptors (Lipinski definition) is 2. The van der Waals surface area contributed by atoms with Gasteiger partial charge in [-0.25, -0.2) is 4.39 Å². The lowest BCUT2D eigenvalue weighted by molar-refractivity contribution is 0.0940. The van der Waals surface area contributed by atoms with Crippen LogP contribution in [-0.4, -0.2) is 5.91 Å². The standard InChI is InChI=1S/C14H14FNOS/c1-9-3-8-13(18-9)10(2)16-14(17)11-4-6-12(15)7-5-11/h3-8,10H,1-2H3,(H,16,17). The van der Waals surface area contributed by atoms with Crippen LogP contribution in [0, 0.1) is 12.7 Å². The molecule has 1 unspecified atom stereocenters. The van der Waals surface area contributed by atoms with Crippen LogP contribution in [0.2, 0.25) is 0 Å². The van der Waals surface area contributed by atoms with Crippen LogP contribution in [0.4, 0.5) is 4.39 Å². The summed E-state index contributed by atoms with van der Waals surface area (Å²) in [5.41, 5.74) is 0.469. The average molecular weight is 263 g/mol. The van der Waals surface area contributed by atoms with Gasteiger partial charge in [0.1, 0.15) is 5.82 Å². The maximum atomic E-state index is 12.8. The minimum atomic E-state index is -0.339. The van der Waals surface area contributed by atoms with Crippen molar-refractivity contribution in [3.8, 4) is 0 Å². The number of halogens is 1. The molecule has 2 nitrogen and oxygen atoms in total. The molecule has 18 heavy (non-hydrogen) atoms. The molecule has 1 aromatic heterocycles. The fourth-order valence-corrected chi connectivity index (χ4v) is 2.52. The monoisotopic (exact) mass is 263 g/mol. The van der Waals surface area contributed by atoms with E-state index in [0.29, 0.717) is 5.56 Å². The van der Waals surface area contributed by atoms with E-state index in [2.05, 4.69) is 5.32 Å². The molecule has 4 heteroatoms. The fraction of sp³-hybridized carbons (Fsp3) is 0.214. The fourth-order valence-electron chi connectivity index (χ4n) is 1.64. The summed E-state index contributed by atoms with van der Waals surface area (Å²) in [6.07, 6.45) is 0. The smallest absolute Gasteiger partial charge is 0.251 e. The molecule has 2 aromatic rings. The quantitative estimate of drug-likeness (QED) is 0.899. The van der Waals surface area contributed by atoms with Gasteiger partial charge in [0.15, 0.2) is 0 Å². The lowest BCUT2D eigenvalue weighted by Gasteiger charge is -2.12.